The van der Waals surface area contributed by atoms with Gasteiger partial charge in [0, 0.05) is 0 Å². The van der Waals surface area contributed by atoms with E-state index in [0.29, 0.717) is 6.42 Å². The van der Waals surface area contributed by atoms with Crippen LogP contribution in [0.4, 0.5) is 0 Å². The smallest absolute Gasteiger partial charge is 0.261 e. The van der Waals surface area contributed by atoms with Crippen LogP contribution in [0.3, 0.4) is 0 Å². The fourth-order valence-electron chi connectivity index (χ4n) is 3.21. The van der Waals surface area contributed by atoms with Gasteiger partial charge in [-0.3, -0.25) is 4.79 Å². The van der Waals surface area contributed by atoms with Crippen molar-refractivity contribution in [2.24, 2.45) is 0 Å². The fraction of sp³-hybridized carbons (Fsp3) is 0.435. The molecular weight excluding hydrogens is 322 g/mol. The van der Waals surface area contributed by atoms with Gasteiger partial charge in [0.25, 0.3) is 5.91 Å². The van der Waals surface area contributed by atoms with Gasteiger partial charge in [-0.2, -0.15) is 0 Å². The molecular formula is C23H31NO2. The molecule has 0 aromatic heterocycles. The van der Waals surface area contributed by atoms with Crippen molar-refractivity contribution < 1.29 is 9.53 Å². The Morgan fingerprint density at radius 3 is 2.35 bits per heavy atom. The van der Waals surface area contributed by atoms with Crippen LogP contribution in [0.25, 0.3) is 0 Å². The van der Waals surface area contributed by atoms with E-state index in [2.05, 4.69) is 57.3 Å². The Labute approximate surface area is 157 Å². The lowest BCUT2D eigenvalue weighted by Gasteiger charge is -2.24. The molecule has 0 aliphatic heterocycles. The maximum atomic E-state index is 12.9. The maximum Gasteiger partial charge on any atom is 0.261 e. The maximum absolute atomic E-state index is 12.9. The first-order valence-electron chi connectivity index (χ1n) is 9.47. The molecule has 1 N–H and O–H groups in total. The Bertz CT molecular complexity index is 767. The van der Waals surface area contributed by atoms with Gasteiger partial charge in [-0.1, -0.05) is 49.7 Å². The average molecular weight is 354 g/mol. The van der Waals surface area contributed by atoms with Crippen LogP contribution in [0, 0.1) is 27.7 Å². The monoisotopic (exact) mass is 353 g/mol. The molecule has 0 heterocycles. The highest BCUT2D eigenvalue weighted by Crippen LogP contribution is 2.24. The van der Waals surface area contributed by atoms with Crippen molar-refractivity contribution in [1.29, 1.82) is 0 Å². The molecule has 2 atom stereocenters. The van der Waals surface area contributed by atoms with Crippen molar-refractivity contribution in [3.63, 3.8) is 0 Å². The van der Waals surface area contributed by atoms with E-state index in [9.17, 15) is 4.79 Å². The van der Waals surface area contributed by atoms with Crippen molar-refractivity contribution in [1.82, 2.24) is 5.32 Å². The summed E-state index contributed by atoms with van der Waals surface area (Å²) in [6, 6.07) is 12.3. The van der Waals surface area contributed by atoms with Gasteiger partial charge >= 0.3 is 0 Å². The second-order valence-electron chi connectivity index (χ2n) is 7.04. The summed E-state index contributed by atoms with van der Waals surface area (Å²) in [7, 11) is 0. The summed E-state index contributed by atoms with van der Waals surface area (Å²) in [5.41, 5.74) is 5.87. The zero-order valence-corrected chi connectivity index (χ0v) is 16.8. The molecule has 140 valence electrons. The number of carbonyl (C=O) groups excluding carboxylic acids is 1. The van der Waals surface area contributed by atoms with Crippen LogP contribution in [0.15, 0.2) is 36.4 Å². The van der Waals surface area contributed by atoms with Crippen LogP contribution in [0.5, 0.6) is 5.75 Å². The van der Waals surface area contributed by atoms with E-state index in [-0.39, 0.29) is 11.9 Å². The highest BCUT2D eigenvalue weighted by molar-refractivity contribution is 5.81. The van der Waals surface area contributed by atoms with Crippen LogP contribution in [0.2, 0.25) is 0 Å². The summed E-state index contributed by atoms with van der Waals surface area (Å²) in [6.45, 7) is 12.3. The van der Waals surface area contributed by atoms with Crippen LogP contribution in [0.1, 0.15) is 60.5 Å². The zero-order chi connectivity index (χ0) is 19.3. The predicted octanol–water partition coefficient (Wildman–Crippen LogP) is 5.35. The number of amides is 1. The van der Waals surface area contributed by atoms with Crippen molar-refractivity contribution in [2.45, 2.75) is 66.5 Å². The topological polar surface area (TPSA) is 38.3 Å². The second kappa shape index (κ2) is 8.88. The van der Waals surface area contributed by atoms with Crippen LogP contribution in [-0.2, 0) is 4.79 Å². The molecule has 0 saturated carbocycles. The molecule has 2 aromatic rings. The summed E-state index contributed by atoms with van der Waals surface area (Å²) in [4.78, 5) is 12.9. The molecule has 26 heavy (non-hydrogen) atoms. The van der Waals surface area contributed by atoms with E-state index in [1.165, 1.54) is 22.3 Å². The Kier molecular flexibility index (Phi) is 6.84. The Morgan fingerprint density at radius 2 is 1.73 bits per heavy atom. The van der Waals surface area contributed by atoms with Gasteiger partial charge in [-0.15, -0.1) is 0 Å². The normalized spacial score (nSPS) is 13.2. The molecule has 2 unspecified atom stereocenters. The van der Waals surface area contributed by atoms with Gasteiger partial charge < -0.3 is 10.1 Å². The summed E-state index contributed by atoms with van der Waals surface area (Å²) in [5, 5.41) is 3.18. The lowest BCUT2D eigenvalue weighted by molar-refractivity contribution is -0.129. The van der Waals surface area contributed by atoms with Crippen LogP contribution >= 0.6 is 0 Å². The van der Waals surface area contributed by atoms with E-state index in [4.69, 9.17) is 4.74 Å². The van der Waals surface area contributed by atoms with Gasteiger partial charge in [0.2, 0.25) is 0 Å². The lowest BCUT2D eigenvalue weighted by atomic mass is 9.97. The van der Waals surface area contributed by atoms with Crippen molar-refractivity contribution in [3.8, 4) is 5.75 Å². The minimum Gasteiger partial charge on any atom is -0.480 e. The number of benzene rings is 2. The number of carbonyl (C=O) groups is 1. The van der Waals surface area contributed by atoms with E-state index in [0.717, 1.165) is 17.7 Å². The van der Waals surface area contributed by atoms with Crippen LogP contribution < -0.4 is 10.1 Å². The van der Waals surface area contributed by atoms with E-state index >= 15 is 0 Å². The highest BCUT2D eigenvalue weighted by Gasteiger charge is 2.23. The first kappa shape index (κ1) is 20.0. The first-order chi connectivity index (χ1) is 12.4. The minimum absolute atomic E-state index is 0.000596. The Hall–Kier alpha value is -2.29. The van der Waals surface area contributed by atoms with Gasteiger partial charge in [-0.25, -0.2) is 0 Å². The fourth-order valence-corrected chi connectivity index (χ4v) is 3.21. The van der Waals surface area contributed by atoms with Gasteiger partial charge in [0.1, 0.15) is 5.75 Å². The van der Waals surface area contributed by atoms with E-state index < -0.39 is 6.10 Å². The number of rotatable bonds is 7. The van der Waals surface area contributed by atoms with Crippen LogP contribution in [-0.4, -0.2) is 12.0 Å². The molecule has 2 rings (SSSR count). The number of nitrogens with one attached hydrogen (secondary N) is 1. The van der Waals surface area contributed by atoms with Crippen molar-refractivity contribution in [3.05, 3.63) is 64.2 Å². The second-order valence-corrected chi connectivity index (χ2v) is 7.04. The van der Waals surface area contributed by atoms with Gasteiger partial charge in [-0.05, 0) is 68.9 Å². The molecule has 3 nitrogen and oxygen atoms in total. The number of hydrogen-bond acceptors (Lipinski definition) is 2. The highest BCUT2D eigenvalue weighted by atomic mass is 16.5. The third kappa shape index (κ3) is 4.66. The van der Waals surface area contributed by atoms with E-state index in [1.807, 2.05) is 26.0 Å². The largest absolute Gasteiger partial charge is 0.480 e. The molecule has 0 aliphatic carbocycles. The minimum atomic E-state index is -0.490. The molecule has 1 amide bonds. The Morgan fingerprint density at radius 1 is 1.00 bits per heavy atom. The molecule has 3 heteroatoms. The molecule has 2 aromatic carbocycles. The predicted molar refractivity (Wildman–Crippen MR) is 108 cm³/mol. The molecule has 0 fully saturated rings. The number of ether oxygens (including phenoxy) is 1. The summed E-state index contributed by atoms with van der Waals surface area (Å²) >= 11 is 0. The Balaban J connectivity index is 2.15. The SMILES string of the molecule is CCC(Oc1cccc(C)c1C)C(=O)NC(CC)c1ccc(C)cc1C. The summed E-state index contributed by atoms with van der Waals surface area (Å²) < 4.78 is 6.06. The molecule has 0 radical (unpaired) electrons. The van der Waals surface area contributed by atoms with E-state index in [1.54, 1.807) is 0 Å². The lowest BCUT2D eigenvalue weighted by Crippen LogP contribution is -2.40. The molecule has 0 saturated heterocycles. The van der Waals surface area contributed by atoms with Gasteiger partial charge in [0.05, 0.1) is 6.04 Å². The standard InChI is InChI=1S/C23H31NO2/c1-7-20(19-13-12-15(3)14-17(19)5)24-23(25)21(8-2)26-22-11-9-10-16(4)18(22)6/h9-14,20-21H,7-8H2,1-6H3,(H,24,25). The molecule has 0 spiro atoms. The number of aryl methyl sites for hydroxylation is 3. The quantitative estimate of drug-likeness (QED) is 0.729. The first-order valence-corrected chi connectivity index (χ1v) is 9.47. The molecule has 0 bridgehead atoms. The number of hydrogen-bond donors (Lipinski definition) is 1. The summed E-state index contributed by atoms with van der Waals surface area (Å²) in [5.74, 6) is 0.729. The average Bonchev–Trinajstić information content (AvgIpc) is 2.61. The zero-order valence-electron chi connectivity index (χ0n) is 16.8. The van der Waals surface area contributed by atoms with Gasteiger partial charge in [0.15, 0.2) is 6.10 Å². The third-order valence-corrected chi connectivity index (χ3v) is 5.01. The van der Waals surface area contributed by atoms with Crippen molar-refractivity contribution >= 4 is 5.91 Å². The van der Waals surface area contributed by atoms with Crippen molar-refractivity contribution in [2.75, 3.05) is 0 Å². The molecule has 0 aliphatic rings. The third-order valence-electron chi connectivity index (χ3n) is 5.01. The summed E-state index contributed by atoms with van der Waals surface area (Å²) in [6.07, 6.45) is 0.980.